The average Bonchev–Trinajstić information content (AvgIpc) is 2.29. The maximum atomic E-state index is 11.7. The number of rotatable bonds is 7. The Morgan fingerprint density at radius 1 is 1.29 bits per heavy atom. The molecule has 0 fully saturated rings. The second kappa shape index (κ2) is 7.57. The van der Waals surface area contributed by atoms with E-state index in [1.54, 1.807) is 0 Å². The van der Waals surface area contributed by atoms with Crippen LogP contribution in [0.25, 0.3) is 0 Å². The number of phosphoric acid groups is 1. The monoisotopic (exact) mass is 372 g/mol. The van der Waals surface area contributed by atoms with Crippen LogP contribution in [0.15, 0.2) is 18.2 Å². The molecule has 5 nitrogen and oxygen atoms in total. The molecule has 21 heavy (non-hydrogen) atoms. The Labute approximate surface area is 135 Å². The molecule has 2 unspecified atom stereocenters. The summed E-state index contributed by atoms with van der Waals surface area (Å²) in [6.07, 6.45) is -1.62. The van der Waals surface area contributed by atoms with Crippen molar-refractivity contribution in [2.75, 3.05) is 6.61 Å². The molecule has 0 aliphatic carbocycles. The molecule has 0 aliphatic heterocycles. The molecular formula is C12H19Cl2O5PSi. The number of aliphatic hydroxyl groups excluding tert-OH is 1. The highest BCUT2D eigenvalue weighted by Crippen LogP contribution is 2.47. The summed E-state index contributed by atoms with van der Waals surface area (Å²) < 4.78 is 21.3. The van der Waals surface area contributed by atoms with Crippen LogP contribution in [0, 0.1) is 0 Å². The summed E-state index contributed by atoms with van der Waals surface area (Å²) in [6.45, 7) is 6.45. The van der Waals surface area contributed by atoms with Crippen LogP contribution in [-0.2, 0) is 13.6 Å². The van der Waals surface area contributed by atoms with Crippen molar-refractivity contribution in [2.45, 2.75) is 32.0 Å². The minimum atomic E-state index is -4.33. The molecule has 0 aliphatic rings. The van der Waals surface area contributed by atoms with Crippen LogP contribution in [0.2, 0.25) is 35.7 Å². The fourth-order valence-electron chi connectivity index (χ4n) is 1.35. The van der Waals surface area contributed by atoms with E-state index in [0.717, 1.165) is 0 Å². The number of halogens is 2. The van der Waals surface area contributed by atoms with E-state index in [2.05, 4.69) is 19.6 Å². The van der Waals surface area contributed by atoms with Gasteiger partial charge in [-0.3, -0.25) is 9.05 Å². The van der Waals surface area contributed by atoms with E-state index < -0.39 is 22.2 Å². The first-order chi connectivity index (χ1) is 9.50. The van der Waals surface area contributed by atoms with E-state index >= 15 is 0 Å². The Balaban J connectivity index is 2.61. The standard InChI is InChI=1S/C12H19Cl2O5PSi/c1-21(2,3)7-6-18-20(16,17)19-12(15)9-4-5-10(13)11(14)8-9/h4-5,8,12,15H,6-7H2,1-3H3,(H,16,17). The summed E-state index contributed by atoms with van der Waals surface area (Å²) in [6, 6.07) is 4.97. The predicted octanol–water partition coefficient (Wildman–Crippen LogP) is 4.46. The van der Waals surface area contributed by atoms with Crippen LogP contribution in [0.3, 0.4) is 0 Å². The molecule has 1 aromatic rings. The molecule has 0 saturated heterocycles. The quantitative estimate of drug-likeness (QED) is 0.419. The number of hydrogen-bond acceptors (Lipinski definition) is 4. The number of benzene rings is 1. The van der Waals surface area contributed by atoms with Crippen molar-refractivity contribution in [3.63, 3.8) is 0 Å². The van der Waals surface area contributed by atoms with Crippen molar-refractivity contribution in [1.29, 1.82) is 0 Å². The highest BCUT2D eigenvalue weighted by Gasteiger charge is 2.27. The molecule has 0 saturated carbocycles. The first-order valence-corrected chi connectivity index (χ1v) is 12.2. The Hall–Kier alpha value is 0.0869. The van der Waals surface area contributed by atoms with E-state index in [-0.39, 0.29) is 17.2 Å². The zero-order valence-corrected chi connectivity index (χ0v) is 15.5. The van der Waals surface area contributed by atoms with Gasteiger partial charge in [-0.1, -0.05) is 48.9 Å². The first kappa shape index (κ1) is 19.1. The third-order valence-electron chi connectivity index (χ3n) is 2.57. The first-order valence-electron chi connectivity index (χ1n) is 6.29. The minimum absolute atomic E-state index is 0.109. The number of aliphatic hydroxyl groups is 1. The predicted molar refractivity (Wildman–Crippen MR) is 86.4 cm³/mol. The van der Waals surface area contributed by atoms with Gasteiger partial charge in [0.05, 0.1) is 16.7 Å². The lowest BCUT2D eigenvalue weighted by Crippen LogP contribution is -2.21. The normalized spacial score (nSPS) is 16.5. The fourth-order valence-corrected chi connectivity index (χ4v) is 3.30. The van der Waals surface area contributed by atoms with Crippen molar-refractivity contribution in [1.82, 2.24) is 0 Å². The minimum Gasteiger partial charge on any atom is -0.364 e. The largest absolute Gasteiger partial charge is 0.474 e. The summed E-state index contributed by atoms with van der Waals surface area (Å²) in [5, 5.41) is 10.3. The van der Waals surface area contributed by atoms with Gasteiger partial charge in [0.25, 0.3) is 0 Å². The lowest BCUT2D eigenvalue weighted by atomic mass is 10.2. The van der Waals surface area contributed by atoms with E-state index in [1.807, 2.05) is 0 Å². The van der Waals surface area contributed by atoms with Gasteiger partial charge in [-0.2, -0.15) is 0 Å². The van der Waals surface area contributed by atoms with Crippen molar-refractivity contribution < 1.29 is 23.6 Å². The third-order valence-corrected chi connectivity index (χ3v) is 5.99. The molecule has 120 valence electrons. The van der Waals surface area contributed by atoms with Crippen LogP contribution in [0.4, 0.5) is 0 Å². The molecular weight excluding hydrogens is 354 g/mol. The van der Waals surface area contributed by atoms with Gasteiger partial charge < -0.3 is 10.00 Å². The SMILES string of the molecule is C[Si](C)(C)CCOP(=O)(O)OC(O)c1ccc(Cl)c(Cl)c1. The summed E-state index contributed by atoms with van der Waals surface area (Å²) in [5.41, 5.74) is 0.215. The lowest BCUT2D eigenvalue weighted by Gasteiger charge is -2.19. The van der Waals surface area contributed by atoms with E-state index in [0.29, 0.717) is 11.1 Å². The van der Waals surface area contributed by atoms with Crippen LogP contribution >= 0.6 is 31.0 Å². The van der Waals surface area contributed by atoms with Gasteiger partial charge in [-0.15, -0.1) is 0 Å². The van der Waals surface area contributed by atoms with Crippen LogP contribution in [-0.4, -0.2) is 24.7 Å². The molecule has 0 aromatic heterocycles. The van der Waals surface area contributed by atoms with Gasteiger partial charge in [0, 0.05) is 13.6 Å². The molecule has 2 N–H and O–H groups in total. The van der Waals surface area contributed by atoms with Gasteiger partial charge in [-0.05, 0) is 18.2 Å². The highest BCUT2D eigenvalue weighted by atomic mass is 35.5. The van der Waals surface area contributed by atoms with Gasteiger partial charge in [0.1, 0.15) is 0 Å². The Kier molecular flexibility index (Phi) is 6.90. The molecule has 0 radical (unpaired) electrons. The maximum Gasteiger partial charge on any atom is 0.474 e. The Morgan fingerprint density at radius 2 is 1.90 bits per heavy atom. The topological polar surface area (TPSA) is 76.0 Å². The number of phosphoric ester groups is 1. The van der Waals surface area contributed by atoms with Crippen molar-refractivity contribution in [3.05, 3.63) is 33.8 Å². The highest BCUT2D eigenvalue weighted by molar-refractivity contribution is 7.47. The smallest absolute Gasteiger partial charge is 0.364 e. The Morgan fingerprint density at radius 3 is 2.43 bits per heavy atom. The zero-order chi connectivity index (χ0) is 16.3. The molecule has 0 heterocycles. The fraction of sp³-hybridized carbons (Fsp3) is 0.500. The molecule has 1 rings (SSSR count). The van der Waals surface area contributed by atoms with Gasteiger partial charge >= 0.3 is 7.82 Å². The van der Waals surface area contributed by atoms with E-state index in [4.69, 9.17) is 32.2 Å². The summed E-state index contributed by atoms with van der Waals surface area (Å²) >= 11 is 11.6. The van der Waals surface area contributed by atoms with Crippen molar-refractivity contribution in [3.8, 4) is 0 Å². The van der Waals surface area contributed by atoms with Crippen LogP contribution < -0.4 is 0 Å². The second-order valence-electron chi connectivity index (χ2n) is 5.74. The summed E-state index contributed by atoms with van der Waals surface area (Å²) in [5.74, 6) is 0. The van der Waals surface area contributed by atoms with Crippen LogP contribution in [0.5, 0.6) is 0 Å². The Bertz CT molecular complexity index is 535. The van der Waals surface area contributed by atoms with Gasteiger partial charge in [-0.25, -0.2) is 4.57 Å². The van der Waals surface area contributed by atoms with Crippen LogP contribution in [0.1, 0.15) is 11.9 Å². The van der Waals surface area contributed by atoms with Gasteiger partial charge in [0.2, 0.25) is 0 Å². The van der Waals surface area contributed by atoms with Crippen molar-refractivity contribution in [2.24, 2.45) is 0 Å². The molecule has 1 aromatic carbocycles. The summed E-state index contributed by atoms with van der Waals surface area (Å²) in [7, 11) is -5.71. The molecule has 9 heteroatoms. The van der Waals surface area contributed by atoms with E-state index in [9.17, 15) is 14.6 Å². The van der Waals surface area contributed by atoms with Gasteiger partial charge in [0.15, 0.2) is 6.29 Å². The lowest BCUT2D eigenvalue weighted by molar-refractivity contribution is -0.0441. The average molecular weight is 373 g/mol. The molecule has 0 bridgehead atoms. The molecule has 0 spiro atoms. The maximum absolute atomic E-state index is 11.7. The van der Waals surface area contributed by atoms with Crippen molar-refractivity contribution >= 4 is 39.1 Å². The molecule has 0 amide bonds. The third kappa shape index (κ3) is 7.26. The molecule has 2 atom stereocenters. The second-order valence-corrected chi connectivity index (χ2v) is 13.6. The number of hydrogen-bond donors (Lipinski definition) is 2. The van der Waals surface area contributed by atoms with E-state index in [1.165, 1.54) is 18.2 Å². The summed E-state index contributed by atoms with van der Waals surface area (Å²) in [4.78, 5) is 9.57. The zero-order valence-electron chi connectivity index (χ0n) is 12.0.